The number of ether oxygens (including phenoxy) is 1. The molecule has 2 aromatic rings. The molecule has 1 unspecified atom stereocenters. The molecular formula is C27H36N2O3. The number of carbonyl (C=O) groups is 2. The first-order valence-electron chi connectivity index (χ1n) is 11.5. The van der Waals surface area contributed by atoms with Gasteiger partial charge in [-0.3, -0.25) is 4.79 Å². The predicted octanol–water partition coefficient (Wildman–Crippen LogP) is 5.31. The standard InChI is InChI=1S/C27H36N2O3/c1-27(2,3)32-26(31)28(4)19-21-12-11-17-29(20-21)25(30)18-24(22-13-7-5-8-14-22)23-15-9-6-10-16-23/h5-10,13-16,21,24H,11-12,17-20H2,1-4H3. The summed E-state index contributed by atoms with van der Waals surface area (Å²) >= 11 is 0. The molecule has 2 amide bonds. The smallest absolute Gasteiger partial charge is 0.410 e. The van der Waals surface area contributed by atoms with Crippen LogP contribution in [0.4, 0.5) is 4.79 Å². The van der Waals surface area contributed by atoms with Crippen molar-refractivity contribution >= 4 is 12.0 Å². The molecule has 3 rings (SSSR count). The molecule has 5 nitrogen and oxygen atoms in total. The maximum atomic E-state index is 13.3. The molecule has 32 heavy (non-hydrogen) atoms. The van der Waals surface area contributed by atoms with Crippen LogP contribution in [0.3, 0.4) is 0 Å². The number of rotatable bonds is 6. The number of carbonyl (C=O) groups excluding carboxylic acids is 2. The van der Waals surface area contributed by atoms with Crippen molar-refractivity contribution in [2.45, 2.75) is 51.6 Å². The highest BCUT2D eigenvalue weighted by atomic mass is 16.6. The van der Waals surface area contributed by atoms with Crippen LogP contribution in [0.2, 0.25) is 0 Å². The topological polar surface area (TPSA) is 49.9 Å². The van der Waals surface area contributed by atoms with Crippen molar-refractivity contribution in [1.82, 2.24) is 9.80 Å². The van der Waals surface area contributed by atoms with Gasteiger partial charge in [0.25, 0.3) is 0 Å². The first-order valence-corrected chi connectivity index (χ1v) is 11.5. The summed E-state index contributed by atoms with van der Waals surface area (Å²) in [6.45, 7) is 7.67. The Bertz CT molecular complexity index is 837. The molecule has 1 atom stereocenters. The molecule has 0 aliphatic carbocycles. The zero-order valence-corrected chi connectivity index (χ0v) is 19.8. The minimum absolute atomic E-state index is 0.0368. The van der Waals surface area contributed by atoms with Gasteiger partial charge in [0.05, 0.1) is 0 Å². The summed E-state index contributed by atoms with van der Waals surface area (Å²) in [5.41, 5.74) is 1.81. The van der Waals surface area contributed by atoms with Crippen LogP contribution in [-0.4, -0.2) is 54.1 Å². The Morgan fingerprint density at radius 3 is 2.12 bits per heavy atom. The van der Waals surface area contributed by atoms with Gasteiger partial charge in [-0.2, -0.15) is 0 Å². The van der Waals surface area contributed by atoms with E-state index in [1.807, 2.05) is 62.1 Å². The van der Waals surface area contributed by atoms with E-state index in [2.05, 4.69) is 24.3 Å². The summed E-state index contributed by atoms with van der Waals surface area (Å²) in [4.78, 5) is 29.3. The van der Waals surface area contributed by atoms with Gasteiger partial charge >= 0.3 is 6.09 Å². The van der Waals surface area contributed by atoms with Crippen LogP contribution < -0.4 is 0 Å². The number of nitrogens with zero attached hydrogens (tertiary/aromatic N) is 2. The summed E-state index contributed by atoms with van der Waals surface area (Å²) in [7, 11) is 1.77. The third-order valence-electron chi connectivity index (χ3n) is 5.89. The molecule has 2 aromatic carbocycles. The lowest BCUT2D eigenvalue weighted by molar-refractivity contribution is -0.133. The van der Waals surface area contributed by atoms with Gasteiger partial charge in [-0.15, -0.1) is 0 Å². The normalized spacial score (nSPS) is 16.7. The third-order valence-corrected chi connectivity index (χ3v) is 5.89. The van der Waals surface area contributed by atoms with Crippen molar-refractivity contribution < 1.29 is 14.3 Å². The van der Waals surface area contributed by atoms with Gasteiger partial charge in [-0.25, -0.2) is 4.79 Å². The van der Waals surface area contributed by atoms with Crippen LogP contribution in [-0.2, 0) is 9.53 Å². The third kappa shape index (κ3) is 6.84. The van der Waals surface area contributed by atoms with Crippen LogP contribution in [0, 0.1) is 5.92 Å². The van der Waals surface area contributed by atoms with E-state index in [0.717, 1.165) is 30.5 Å². The molecule has 0 N–H and O–H groups in total. The van der Waals surface area contributed by atoms with Gasteiger partial charge in [0, 0.05) is 39.0 Å². The maximum absolute atomic E-state index is 13.3. The first-order chi connectivity index (χ1) is 15.2. The summed E-state index contributed by atoms with van der Waals surface area (Å²) in [6.07, 6.45) is 2.11. The van der Waals surface area contributed by atoms with E-state index in [9.17, 15) is 9.59 Å². The second kappa shape index (κ2) is 10.7. The van der Waals surface area contributed by atoms with E-state index >= 15 is 0 Å². The van der Waals surface area contributed by atoms with Gasteiger partial charge in [0.1, 0.15) is 5.60 Å². The highest BCUT2D eigenvalue weighted by molar-refractivity contribution is 5.78. The van der Waals surface area contributed by atoms with Crippen molar-refractivity contribution in [3.8, 4) is 0 Å². The van der Waals surface area contributed by atoms with E-state index in [0.29, 0.717) is 19.5 Å². The van der Waals surface area contributed by atoms with Crippen molar-refractivity contribution in [2.75, 3.05) is 26.7 Å². The van der Waals surface area contributed by atoms with Gasteiger partial charge in [0.2, 0.25) is 5.91 Å². The van der Waals surface area contributed by atoms with Crippen molar-refractivity contribution in [1.29, 1.82) is 0 Å². The zero-order chi connectivity index (χ0) is 23.1. The molecule has 1 aliphatic heterocycles. The minimum Gasteiger partial charge on any atom is -0.444 e. The number of hydrogen-bond acceptors (Lipinski definition) is 3. The second-order valence-electron chi connectivity index (χ2n) is 9.79. The fourth-order valence-corrected chi connectivity index (χ4v) is 4.34. The highest BCUT2D eigenvalue weighted by Gasteiger charge is 2.29. The fourth-order valence-electron chi connectivity index (χ4n) is 4.34. The molecule has 5 heteroatoms. The molecule has 1 aliphatic rings. The summed E-state index contributed by atoms with van der Waals surface area (Å²) in [5, 5.41) is 0. The zero-order valence-electron chi connectivity index (χ0n) is 19.8. The average molecular weight is 437 g/mol. The van der Waals surface area contributed by atoms with E-state index in [1.165, 1.54) is 0 Å². The van der Waals surface area contributed by atoms with E-state index in [4.69, 9.17) is 4.74 Å². The number of likely N-dealkylation sites (tertiary alicyclic amines) is 1. The maximum Gasteiger partial charge on any atom is 0.410 e. The van der Waals surface area contributed by atoms with Crippen LogP contribution in [0.25, 0.3) is 0 Å². The van der Waals surface area contributed by atoms with Crippen molar-refractivity contribution in [3.63, 3.8) is 0 Å². The molecule has 0 bridgehead atoms. The molecule has 1 heterocycles. The van der Waals surface area contributed by atoms with Gasteiger partial charge in [-0.05, 0) is 50.7 Å². The molecule has 0 radical (unpaired) electrons. The second-order valence-corrected chi connectivity index (χ2v) is 9.79. The van der Waals surface area contributed by atoms with Crippen molar-refractivity contribution in [2.24, 2.45) is 5.92 Å². The van der Waals surface area contributed by atoms with Gasteiger partial charge < -0.3 is 14.5 Å². The molecule has 0 saturated carbocycles. The van der Waals surface area contributed by atoms with Gasteiger partial charge in [0.15, 0.2) is 0 Å². The highest BCUT2D eigenvalue weighted by Crippen LogP contribution is 2.29. The largest absolute Gasteiger partial charge is 0.444 e. The first kappa shape index (κ1) is 23.8. The Labute approximate surface area is 192 Å². The van der Waals surface area contributed by atoms with Gasteiger partial charge in [-0.1, -0.05) is 60.7 Å². The average Bonchev–Trinajstić information content (AvgIpc) is 2.77. The Hall–Kier alpha value is -2.82. The fraction of sp³-hybridized carbons (Fsp3) is 0.481. The lowest BCUT2D eigenvalue weighted by Crippen LogP contribution is -2.45. The van der Waals surface area contributed by atoms with Crippen molar-refractivity contribution in [3.05, 3.63) is 71.8 Å². The molecule has 0 aromatic heterocycles. The Morgan fingerprint density at radius 2 is 1.59 bits per heavy atom. The number of benzene rings is 2. The lowest BCUT2D eigenvalue weighted by atomic mass is 9.87. The Kier molecular flexibility index (Phi) is 7.94. The lowest BCUT2D eigenvalue weighted by Gasteiger charge is -2.36. The monoisotopic (exact) mass is 436 g/mol. The van der Waals surface area contributed by atoms with Crippen LogP contribution in [0.5, 0.6) is 0 Å². The predicted molar refractivity (Wildman–Crippen MR) is 128 cm³/mol. The van der Waals surface area contributed by atoms with E-state index in [1.54, 1.807) is 11.9 Å². The van der Waals surface area contributed by atoms with E-state index < -0.39 is 5.60 Å². The Balaban J connectivity index is 1.64. The molecule has 0 spiro atoms. The van der Waals surface area contributed by atoms with E-state index in [-0.39, 0.29) is 23.8 Å². The summed E-state index contributed by atoms with van der Waals surface area (Å²) in [6, 6.07) is 20.5. The number of piperidine rings is 1. The minimum atomic E-state index is -0.510. The summed E-state index contributed by atoms with van der Waals surface area (Å²) < 4.78 is 5.47. The molecular weight excluding hydrogens is 400 g/mol. The Morgan fingerprint density at radius 1 is 1.03 bits per heavy atom. The molecule has 1 saturated heterocycles. The molecule has 1 fully saturated rings. The van der Waals surface area contributed by atoms with Crippen LogP contribution >= 0.6 is 0 Å². The number of hydrogen-bond donors (Lipinski definition) is 0. The SMILES string of the molecule is CN(CC1CCCN(C(=O)CC(c2ccccc2)c2ccccc2)C1)C(=O)OC(C)(C)C. The van der Waals surface area contributed by atoms with Crippen LogP contribution in [0.1, 0.15) is 57.1 Å². The molecule has 172 valence electrons. The number of amides is 2. The quantitative estimate of drug-likeness (QED) is 0.616. The van der Waals surface area contributed by atoms with Crippen LogP contribution in [0.15, 0.2) is 60.7 Å². The summed E-state index contributed by atoms with van der Waals surface area (Å²) in [5.74, 6) is 0.471.